The minimum Gasteiger partial charge on any atom is -0.619 e. The first-order valence-corrected chi connectivity index (χ1v) is 3.58. The van der Waals surface area contributed by atoms with E-state index < -0.39 is 0 Å². The fourth-order valence-electron chi connectivity index (χ4n) is 0.693. The van der Waals surface area contributed by atoms with Gasteiger partial charge in [-0.2, -0.15) is 9.83 Å². The van der Waals surface area contributed by atoms with Crippen LogP contribution in [-0.2, 0) is 0 Å². The SMILES string of the molecule is CN(C)/N=C/c1cc[n+]([O-])cc1. The van der Waals surface area contributed by atoms with Gasteiger partial charge < -0.3 is 10.2 Å². The third-order valence-corrected chi connectivity index (χ3v) is 1.27. The highest BCUT2D eigenvalue weighted by molar-refractivity contribution is 5.78. The molecule has 0 fully saturated rings. The Morgan fingerprint density at radius 1 is 1.42 bits per heavy atom. The van der Waals surface area contributed by atoms with Crippen molar-refractivity contribution in [2.75, 3.05) is 14.1 Å². The van der Waals surface area contributed by atoms with Gasteiger partial charge in [0.05, 0.1) is 6.21 Å². The molecule has 4 nitrogen and oxygen atoms in total. The highest BCUT2D eigenvalue weighted by Crippen LogP contribution is 1.90. The van der Waals surface area contributed by atoms with Gasteiger partial charge in [0.15, 0.2) is 12.4 Å². The predicted molar refractivity (Wildman–Crippen MR) is 46.7 cm³/mol. The number of hydrogen-bond acceptors (Lipinski definition) is 3. The Morgan fingerprint density at radius 3 is 2.50 bits per heavy atom. The molecule has 4 heteroatoms. The van der Waals surface area contributed by atoms with Gasteiger partial charge in [-0.25, -0.2) is 0 Å². The standard InChI is InChI=1S/C8H11N3O/c1-10(2)9-7-8-3-5-11(12)6-4-8/h3-7H,1-2H3/b9-7+. The summed E-state index contributed by atoms with van der Waals surface area (Å²) < 4.78 is 0.743. The summed E-state index contributed by atoms with van der Waals surface area (Å²) in [5, 5.41) is 16.3. The van der Waals surface area contributed by atoms with Crippen molar-refractivity contribution in [3.8, 4) is 0 Å². The van der Waals surface area contributed by atoms with Crippen LogP contribution >= 0.6 is 0 Å². The van der Waals surface area contributed by atoms with E-state index in [9.17, 15) is 5.21 Å². The van der Waals surface area contributed by atoms with Crippen LogP contribution in [0.4, 0.5) is 0 Å². The number of hydrogen-bond donors (Lipinski definition) is 0. The van der Waals surface area contributed by atoms with Gasteiger partial charge in [0.2, 0.25) is 0 Å². The number of aromatic nitrogens is 1. The van der Waals surface area contributed by atoms with E-state index >= 15 is 0 Å². The zero-order chi connectivity index (χ0) is 8.97. The first-order chi connectivity index (χ1) is 5.68. The molecule has 0 amide bonds. The molecule has 1 rings (SSSR count). The molecule has 0 bridgehead atoms. The average molecular weight is 165 g/mol. The Morgan fingerprint density at radius 2 is 2.00 bits per heavy atom. The Labute approximate surface area is 71.3 Å². The molecule has 0 saturated carbocycles. The molecule has 0 spiro atoms. The van der Waals surface area contributed by atoms with Crippen molar-refractivity contribution in [3.63, 3.8) is 0 Å². The molecule has 0 aliphatic carbocycles. The Hall–Kier alpha value is -1.58. The molecule has 0 unspecified atom stereocenters. The van der Waals surface area contributed by atoms with Crippen LogP contribution in [0.25, 0.3) is 0 Å². The van der Waals surface area contributed by atoms with Gasteiger partial charge in [-0.3, -0.25) is 0 Å². The van der Waals surface area contributed by atoms with E-state index in [0.717, 1.165) is 10.3 Å². The summed E-state index contributed by atoms with van der Waals surface area (Å²) in [6, 6.07) is 3.42. The van der Waals surface area contributed by atoms with Crippen LogP contribution in [-0.4, -0.2) is 25.3 Å². The van der Waals surface area contributed by atoms with Crippen molar-refractivity contribution < 1.29 is 4.73 Å². The predicted octanol–water partition coefficient (Wildman–Crippen LogP) is 0.215. The smallest absolute Gasteiger partial charge is 0.181 e. The lowest BCUT2D eigenvalue weighted by Gasteiger charge is -2.01. The molecule has 0 saturated heterocycles. The van der Waals surface area contributed by atoms with Crippen molar-refractivity contribution in [3.05, 3.63) is 35.3 Å². The molecule has 0 aliphatic rings. The Kier molecular flexibility index (Phi) is 2.63. The Balaban J connectivity index is 2.71. The molecule has 0 aliphatic heterocycles. The van der Waals surface area contributed by atoms with E-state index in [1.807, 2.05) is 14.1 Å². The normalized spacial score (nSPS) is 10.5. The van der Waals surface area contributed by atoms with Gasteiger partial charge in [-0.15, -0.1) is 0 Å². The molecule has 64 valence electrons. The summed E-state index contributed by atoms with van der Waals surface area (Å²) in [5.41, 5.74) is 0.913. The number of hydrazone groups is 1. The van der Waals surface area contributed by atoms with Gasteiger partial charge in [0.25, 0.3) is 0 Å². The highest BCUT2D eigenvalue weighted by Gasteiger charge is 1.89. The zero-order valence-corrected chi connectivity index (χ0v) is 7.14. The van der Waals surface area contributed by atoms with Gasteiger partial charge in [-0.05, 0) is 0 Å². The van der Waals surface area contributed by atoms with E-state index in [0.29, 0.717) is 0 Å². The molecule has 12 heavy (non-hydrogen) atoms. The molecular formula is C8H11N3O. The third kappa shape index (κ3) is 2.57. The maximum atomic E-state index is 10.6. The van der Waals surface area contributed by atoms with E-state index in [2.05, 4.69) is 5.10 Å². The van der Waals surface area contributed by atoms with Crippen molar-refractivity contribution >= 4 is 6.21 Å². The molecule has 0 atom stereocenters. The van der Waals surface area contributed by atoms with Crippen LogP contribution < -0.4 is 4.73 Å². The second kappa shape index (κ2) is 3.71. The topological polar surface area (TPSA) is 42.5 Å². The van der Waals surface area contributed by atoms with Crippen molar-refractivity contribution in [2.24, 2.45) is 5.10 Å². The van der Waals surface area contributed by atoms with Crippen LogP contribution in [0.1, 0.15) is 5.56 Å². The van der Waals surface area contributed by atoms with Crippen LogP contribution in [0.15, 0.2) is 29.6 Å². The lowest BCUT2D eigenvalue weighted by atomic mass is 10.3. The maximum absolute atomic E-state index is 10.6. The van der Waals surface area contributed by atoms with E-state index in [1.54, 1.807) is 23.4 Å². The molecule has 0 radical (unpaired) electrons. The second-order valence-electron chi connectivity index (χ2n) is 2.58. The molecular weight excluding hydrogens is 154 g/mol. The van der Waals surface area contributed by atoms with Gasteiger partial charge in [0, 0.05) is 31.8 Å². The van der Waals surface area contributed by atoms with Crippen LogP contribution in [0.2, 0.25) is 0 Å². The first kappa shape index (κ1) is 8.52. The van der Waals surface area contributed by atoms with Crippen LogP contribution in [0.5, 0.6) is 0 Å². The largest absolute Gasteiger partial charge is 0.619 e. The first-order valence-electron chi connectivity index (χ1n) is 3.58. The van der Waals surface area contributed by atoms with Gasteiger partial charge in [0.1, 0.15) is 0 Å². The fourth-order valence-corrected chi connectivity index (χ4v) is 0.693. The van der Waals surface area contributed by atoms with Gasteiger partial charge in [-0.1, -0.05) is 0 Å². The lowest BCUT2D eigenvalue weighted by molar-refractivity contribution is -0.605. The summed E-state index contributed by atoms with van der Waals surface area (Å²) >= 11 is 0. The monoisotopic (exact) mass is 165 g/mol. The summed E-state index contributed by atoms with van der Waals surface area (Å²) in [7, 11) is 3.68. The number of nitrogens with zero attached hydrogens (tertiary/aromatic N) is 3. The van der Waals surface area contributed by atoms with Crippen LogP contribution in [0.3, 0.4) is 0 Å². The molecule has 1 heterocycles. The van der Waals surface area contributed by atoms with Crippen LogP contribution in [0, 0.1) is 5.21 Å². The molecule has 1 aromatic heterocycles. The minimum atomic E-state index is 0.743. The van der Waals surface area contributed by atoms with E-state index in [1.165, 1.54) is 12.4 Å². The van der Waals surface area contributed by atoms with Crippen molar-refractivity contribution in [1.29, 1.82) is 0 Å². The van der Waals surface area contributed by atoms with Gasteiger partial charge >= 0.3 is 0 Å². The number of pyridine rings is 1. The fraction of sp³-hybridized carbons (Fsp3) is 0.250. The van der Waals surface area contributed by atoms with Crippen molar-refractivity contribution in [1.82, 2.24) is 5.01 Å². The second-order valence-corrected chi connectivity index (χ2v) is 2.58. The minimum absolute atomic E-state index is 0.743. The number of rotatable bonds is 2. The maximum Gasteiger partial charge on any atom is 0.181 e. The molecule has 1 aromatic rings. The average Bonchev–Trinajstić information content (AvgIpc) is 2.03. The summed E-state index contributed by atoms with van der Waals surface area (Å²) in [4.78, 5) is 0. The summed E-state index contributed by atoms with van der Waals surface area (Å²) in [6.07, 6.45) is 4.58. The molecule has 0 N–H and O–H groups in total. The zero-order valence-electron chi connectivity index (χ0n) is 7.14. The summed E-state index contributed by atoms with van der Waals surface area (Å²) in [6.45, 7) is 0. The molecule has 0 aromatic carbocycles. The highest BCUT2D eigenvalue weighted by atomic mass is 16.5. The third-order valence-electron chi connectivity index (χ3n) is 1.27. The van der Waals surface area contributed by atoms with E-state index in [-0.39, 0.29) is 0 Å². The van der Waals surface area contributed by atoms with Crippen molar-refractivity contribution in [2.45, 2.75) is 0 Å². The lowest BCUT2D eigenvalue weighted by Crippen LogP contribution is -2.23. The van der Waals surface area contributed by atoms with E-state index in [4.69, 9.17) is 0 Å². The quantitative estimate of drug-likeness (QED) is 0.272. The summed E-state index contributed by atoms with van der Waals surface area (Å²) in [5.74, 6) is 0. The Bertz CT molecular complexity index is 266.